The van der Waals surface area contributed by atoms with E-state index in [1.807, 2.05) is 36.4 Å². The summed E-state index contributed by atoms with van der Waals surface area (Å²) in [4.78, 5) is 16.5. The van der Waals surface area contributed by atoms with Crippen LogP contribution in [0.15, 0.2) is 36.7 Å². The van der Waals surface area contributed by atoms with Crippen molar-refractivity contribution in [1.82, 2.24) is 14.3 Å². The molecule has 1 amide bonds. The number of ether oxygens (including phenoxy) is 1. The van der Waals surface area contributed by atoms with Crippen LogP contribution in [-0.4, -0.2) is 36.7 Å². The van der Waals surface area contributed by atoms with Gasteiger partial charge in [-0.25, -0.2) is 18.1 Å². The van der Waals surface area contributed by atoms with E-state index in [4.69, 9.17) is 4.74 Å². The molecule has 30 heavy (non-hydrogen) atoms. The van der Waals surface area contributed by atoms with E-state index in [1.54, 1.807) is 30.5 Å². The standard InChI is InChI=1S/C21H22N4O4S/c1-13(2)12-29-21-15(9-22)7-16(10-23-21)18-11-25(3)19-8-14(5-6-17(18)19)20(26)24-30(4,27)28/h5-8,10-11,13H,12H2,1-4H3,(H,24,26). The van der Waals surface area contributed by atoms with E-state index in [0.717, 1.165) is 28.3 Å². The first-order chi connectivity index (χ1) is 14.1. The van der Waals surface area contributed by atoms with Gasteiger partial charge in [0.05, 0.1) is 12.9 Å². The van der Waals surface area contributed by atoms with Gasteiger partial charge in [0.2, 0.25) is 15.9 Å². The number of hydrogen-bond acceptors (Lipinski definition) is 6. The van der Waals surface area contributed by atoms with Crippen molar-refractivity contribution in [2.75, 3.05) is 12.9 Å². The Kier molecular flexibility index (Phi) is 5.80. The highest BCUT2D eigenvalue weighted by Crippen LogP contribution is 2.32. The van der Waals surface area contributed by atoms with E-state index in [2.05, 4.69) is 11.1 Å². The van der Waals surface area contributed by atoms with Crippen molar-refractivity contribution < 1.29 is 17.9 Å². The van der Waals surface area contributed by atoms with Crippen LogP contribution in [-0.2, 0) is 17.1 Å². The second-order valence-corrected chi connectivity index (χ2v) is 9.23. The summed E-state index contributed by atoms with van der Waals surface area (Å²) < 4.78 is 32.1. The van der Waals surface area contributed by atoms with Gasteiger partial charge < -0.3 is 9.30 Å². The Labute approximate surface area is 175 Å². The third-order valence-corrected chi connectivity index (χ3v) is 4.92. The first-order valence-corrected chi connectivity index (χ1v) is 11.1. The number of nitriles is 1. The lowest BCUT2D eigenvalue weighted by Crippen LogP contribution is -2.29. The van der Waals surface area contributed by atoms with Crippen LogP contribution < -0.4 is 9.46 Å². The largest absolute Gasteiger partial charge is 0.476 e. The lowest BCUT2D eigenvalue weighted by molar-refractivity contribution is 0.0982. The number of sulfonamides is 1. The number of nitrogens with zero attached hydrogens (tertiary/aromatic N) is 3. The average molecular weight is 426 g/mol. The van der Waals surface area contributed by atoms with Gasteiger partial charge in [0.15, 0.2) is 0 Å². The molecular weight excluding hydrogens is 404 g/mol. The fraction of sp³-hybridized carbons (Fsp3) is 0.286. The molecule has 0 aliphatic heterocycles. The highest BCUT2D eigenvalue weighted by Gasteiger charge is 2.16. The average Bonchev–Trinajstić information content (AvgIpc) is 3.01. The highest BCUT2D eigenvalue weighted by molar-refractivity contribution is 7.89. The molecular formula is C21H22N4O4S. The molecule has 0 unspecified atom stereocenters. The number of hydrogen-bond donors (Lipinski definition) is 1. The molecule has 0 atom stereocenters. The number of carbonyl (C=O) groups excluding carboxylic acids is 1. The van der Waals surface area contributed by atoms with Gasteiger partial charge >= 0.3 is 0 Å². The fourth-order valence-electron chi connectivity index (χ4n) is 3.02. The van der Waals surface area contributed by atoms with E-state index in [9.17, 15) is 18.5 Å². The van der Waals surface area contributed by atoms with E-state index >= 15 is 0 Å². The molecule has 0 fully saturated rings. The molecule has 0 bridgehead atoms. The van der Waals surface area contributed by atoms with Crippen LogP contribution in [0.1, 0.15) is 29.8 Å². The summed E-state index contributed by atoms with van der Waals surface area (Å²) in [6.45, 7) is 4.50. The van der Waals surface area contributed by atoms with Crippen LogP contribution in [0.3, 0.4) is 0 Å². The molecule has 0 aliphatic rings. The van der Waals surface area contributed by atoms with Gasteiger partial charge in [0, 0.05) is 47.0 Å². The minimum absolute atomic E-state index is 0.231. The Morgan fingerprint density at radius 3 is 2.70 bits per heavy atom. The summed E-state index contributed by atoms with van der Waals surface area (Å²) in [7, 11) is -1.83. The van der Waals surface area contributed by atoms with E-state index < -0.39 is 15.9 Å². The fourth-order valence-corrected chi connectivity index (χ4v) is 3.48. The van der Waals surface area contributed by atoms with E-state index in [1.165, 1.54) is 0 Å². The number of rotatable bonds is 6. The predicted octanol–water partition coefficient (Wildman–Crippen LogP) is 2.84. The molecule has 1 N–H and O–H groups in total. The maximum Gasteiger partial charge on any atom is 0.264 e. The first kappa shape index (κ1) is 21.3. The van der Waals surface area contributed by atoms with Crippen molar-refractivity contribution >= 4 is 26.8 Å². The molecule has 3 rings (SSSR count). The summed E-state index contributed by atoms with van der Waals surface area (Å²) in [6.07, 6.45) is 4.45. The Bertz CT molecular complexity index is 1270. The van der Waals surface area contributed by atoms with E-state index in [-0.39, 0.29) is 5.56 Å². The Morgan fingerprint density at radius 2 is 2.07 bits per heavy atom. The molecule has 156 valence electrons. The van der Waals surface area contributed by atoms with Crippen molar-refractivity contribution in [2.45, 2.75) is 13.8 Å². The summed E-state index contributed by atoms with van der Waals surface area (Å²) in [5, 5.41) is 10.3. The minimum atomic E-state index is -3.65. The zero-order valence-corrected chi connectivity index (χ0v) is 17.9. The van der Waals surface area contributed by atoms with Gasteiger partial charge in [-0.2, -0.15) is 5.26 Å². The minimum Gasteiger partial charge on any atom is -0.476 e. The van der Waals surface area contributed by atoms with Gasteiger partial charge in [-0.3, -0.25) is 4.79 Å². The SMILES string of the molecule is CC(C)COc1ncc(-c2cn(C)c3cc(C(=O)NS(C)(=O)=O)ccc23)cc1C#N. The van der Waals surface area contributed by atoms with Crippen LogP contribution in [0.5, 0.6) is 5.88 Å². The van der Waals surface area contributed by atoms with Crippen molar-refractivity contribution in [2.24, 2.45) is 13.0 Å². The number of nitrogens with one attached hydrogen (secondary N) is 1. The Balaban J connectivity index is 2.01. The van der Waals surface area contributed by atoms with Gasteiger partial charge in [0.1, 0.15) is 11.6 Å². The molecule has 0 radical (unpaired) electrons. The number of aromatic nitrogens is 2. The molecule has 2 heterocycles. The third-order valence-electron chi connectivity index (χ3n) is 4.37. The van der Waals surface area contributed by atoms with Crippen molar-refractivity contribution in [3.05, 3.63) is 47.8 Å². The van der Waals surface area contributed by atoms with Gasteiger partial charge in [-0.05, 0) is 24.1 Å². The first-order valence-electron chi connectivity index (χ1n) is 9.23. The lowest BCUT2D eigenvalue weighted by Gasteiger charge is -2.10. The summed E-state index contributed by atoms with van der Waals surface area (Å²) in [5.41, 5.74) is 2.89. The smallest absolute Gasteiger partial charge is 0.264 e. The Morgan fingerprint density at radius 1 is 1.33 bits per heavy atom. The molecule has 0 saturated heterocycles. The maximum atomic E-state index is 12.2. The van der Waals surface area contributed by atoms with Crippen LogP contribution in [0.2, 0.25) is 0 Å². The maximum absolute atomic E-state index is 12.2. The second kappa shape index (κ2) is 8.16. The van der Waals surface area contributed by atoms with Crippen LogP contribution >= 0.6 is 0 Å². The molecule has 3 aromatic rings. The van der Waals surface area contributed by atoms with Crippen LogP contribution in [0.4, 0.5) is 0 Å². The zero-order chi connectivity index (χ0) is 22.1. The number of benzene rings is 1. The summed E-state index contributed by atoms with van der Waals surface area (Å²) >= 11 is 0. The van der Waals surface area contributed by atoms with Crippen LogP contribution in [0.25, 0.3) is 22.0 Å². The molecule has 8 nitrogen and oxygen atoms in total. The Hall–Kier alpha value is -3.38. The van der Waals surface area contributed by atoms with Crippen LogP contribution in [0, 0.1) is 17.2 Å². The zero-order valence-electron chi connectivity index (χ0n) is 17.1. The number of aryl methyl sites for hydroxylation is 1. The summed E-state index contributed by atoms with van der Waals surface area (Å²) in [6, 6.07) is 8.78. The third kappa shape index (κ3) is 4.60. The van der Waals surface area contributed by atoms with Gasteiger partial charge in [0.25, 0.3) is 5.91 Å². The number of pyridine rings is 1. The summed E-state index contributed by atoms with van der Waals surface area (Å²) in [5.74, 6) is -0.0812. The molecule has 2 aromatic heterocycles. The normalized spacial score (nSPS) is 11.5. The topological polar surface area (TPSA) is 114 Å². The number of carbonyl (C=O) groups is 1. The lowest BCUT2D eigenvalue weighted by atomic mass is 10.0. The van der Waals surface area contributed by atoms with Crippen molar-refractivity contribution in [3.63, 3.8) is 0 Å². The highest BCUT2D eigenvalue weighted by atomic mass is 32.2. The predicted molar refractivity (Wildman–Crippen MR) is 114 cm³/mol. The van der Waals surface area contributed by atoms with E-state index in [0.29, 0.717) is 24.0 Å². The molecule has 0 spiro atoms. The monoisotopic (exact) mass is 426 g/mol. The molecule has 1 aromatic carbocycles. The van der Waals surface area contributed by atoms with Gasteiger partial charge in [-0.15, -0.1) is 0 Å². The molecule has 9 heteroatoms. The number of fused-ring (bicyclic) bond motifs is 1. The second-order valence-electron chi connectivity index (χ2n) is 7.48. The van der Waals surface area contributed by atoms with Crippen molar-refractivity contribution in [3.8, 4) is 23.1 Å². The number of amides is 1. The quantitative estimate of drug-likeness (QED) is 0.648. The van der Waals surface area contributed by atoms with Crippen molar-refractivity contribution in [1.29, 1.82) is 5.26 Å². The van der Waals surface area contributed by atoms with Gasteiger partial charge in [-0.1, -0.05) is 19.9 Å². The molecule has 0 aliphatic carbocycles. The molecule has 0 saturated carbocycles.